The molecule has 0 spiro atoms. The second kappa shape index (κ2) is 4.93. The van der Waals surface area contributed by atoms with Crippen molar-refractivity contribution in [2.45, 2.75) is 6.10 Å². The lowest BCUT2D eigenvalue weighted by Gasteiger charge is -2.19. The van der Waals surface area contributed by atoms with Crippen LogP contribution in [0.2, 0.25) is 0 Å². The van der Waals surface area contributed by atoms with Gasteiger partial charge in [-0.05, 0) is 18.2 Å². The van der Waals surface area contributed by atoms with Crippen molar-refractivity contribution in [2.24, 2.45) is 0 Å². The van der Waals surface area contributed by atoms with E-state index in [1.54, 1.807) is 0 Å². The molecule has 1 aliphatic rings. The smallest absolute Gasteiger partial charge is 0.327 e. The number of halogens is 2. The van der Waals surface area contributed by atoms with Crippen LogP contribution >= 0.6 is 0 Å². The van der Waals surface area contributed by atoms with Gasteiger partial charge in [-0.3, -0.25) is 9.69 Å². The second-order valence-corrected chi connectivity index (χ2v) is 4.32. The Balaban J connectivity index is 2.17. The van der Waals surface area contributed by atoms with Gasteiger partial charge in [0.15, 0.2) is 0 Å². The molecular weight excluding hydrogens is 258 g/mol. The molecular formula is C12H12F2N2O3. The van der Waals surface area contributed by atoms with Crippen molar-refractivity contribution in [3.05, 3.63) is 35.4 Å². The van der Waals surface area contributed by atoms with E-state index in [4.69, 9.17) is 0 Å². The van der Waals surface area contributed by atoms with E-state index < -0.39 is 36.2 Å². The first-order chi connectivity index (χ1) is 8.90. The molecule has 1 aromatic carbocycles. The van der Waals surface area contributed by atoms with Gasteiger partial charge in [-0.1, -0.05) is 0 Å². The minimum absolute atomic E-state index is 0.0861. The average Bonchev–Trinajstić information content (AvgIpc) is 2.59. The van der Waals surface area contributed by atoms with Crippen molar-refractivity contribution in [3.8, 4) is 0 Å². The summed E-state index contributed by atoms with van der Waals surface area (Å²) in [5.74, 6) is -1.98. The van der Waals surface area contributed by atoms with Gasteiger partial charge in [0.05, 0.1) is 6.54 Å². The van der Waals surface area contributed by atoms with Crippen molar-refractivity contribution in [2.75, 3.05) is 20.1 Å². The van der Waals surface area contributed by atoms with E-state index in [9.17, 15) is 23.5 Å². The number of urea groups is 1. The Bertz CT molecular complexity index is 536. The second-order valence-electron chi connectivity index (χ2n) is 4.32. The molecule has 1 atom stereocenters. The fraction of sp³-hybridized carbons (Fsp3) is 0.333. The zero-order valence-electron chi connectivity index (χ0n) is 10.1. The summed E-state index contributed by atoms with van der Waals surface area (Å²) in [5.41, 5.74) is -0.282. The highest BCUT2D eigenvalue weighted by atomic mass is 19.1. The summed E-state index contributed by atoms with van der Waals surface area (Å²) in [5, 5.41) is 9.84. The van der Waals surface area contributed by atoms with E-state index in [0.717, 1.165) is 23.1 Å². The highest BCUT2D eigenvalue weighted by Gasteiger charge is 2.35. The molecule has 0 unspecified atom stereocenters. The summed E-state index contributed by atoms with van der Waals surface area (Å²) in [7, 11) is 1.44. The van der Waals surface area contributed by atoms with E-state index in [1.165, 1.54) is 11.9 Å². The van der Waals surface area contributed by atoms with Gasteiger partial charge in [0.1, 0.15) is 24.3 Å². The molecule has 19 heavy (non-hydrogen) atoms. The van der Waals surface area contributed by atoms with Crippen LogP contribution in [0.15, 0.2) is 18.2 Å². The van der Waals surface area contributed by atoms with Crippen molar-refractivity contribution in [1.29, 1.82) is 0 Å². The molecule has 1 saturated heterocycles. The molecule has 7 heteroatoms. The molecule has 0 radical (unpaired) electrons. The van der Waals surface area contributed by atoms with E-state index in [-0.39, 0.29) is 12.1 Å². The molecule has 3 amide bonds. The number of likely N-dealkylation sites (N-methyl/N-ethyl adjacent to an activating group) is 1. The van der Waals surface area contributed by atoms with Gasteiger partial charge in [0.2, 0.25) is 5.91 Å². The van der Waals surface area contributed by atoms with Gasteiger partial charge >= 0.3 is 6.03 Å². The molecule has 0 bridgehead atoms. The van der Waals surface area contributed by atoms with Gasteiger partial charge in [0, 0.05) is 12.6 Å². The predicted molar refractivity (Wildman–Crippen MR) is 61.1 cm³/mol. The molecule has 1 aromatic rings. The Kier molecular flexibility index (Phi) is 3.48. The van der Waals surface area contributed by atoms with Crippen LogP contribution in [-0.4, -0.2) is 47.0 Å². The van der Waals surface area contributed by atoms with Crippen LogP contribution in [0, 0.1) is 11.6 Å². The topological polar surface area (TPSA) is 60.9 Å². The number of carbonyl (C=O) groups is 2. The molecule has 1 fully saturated rings. The largest absolute Gasteiger partial charge is 0.386 e. The number of β-amino-alcohol motifs (C(OH)–C–C–N with tert-alkyl or cyclic N) is 1. The van der Waals surface area contributed by atoms with E-state index in [0.29, 0.717) is 0 Å². The minimum atomic E-state index is -1.46. The molecule has 1 aliphatic heterocycles. The number of carbonyl (C=O) groups excluding carboxylic acids is 2. The van der Waals surface area contributed by atoms with E-state index in [1.807, 2.05) is 0 Å². The molecule has 102 valence electrons. The van der Waals surface area contributed by atoms with Crippen molar-refractivity contribution in [3.63, 3.8) is 0 Å². The van der Waals surface area contributed by atoms with E-state index in [2.05, 4.69) is 0 Å². The fourth-order valence-corrected chi connectivity index (χ4v) is 1.89. The van der Waals surface area contributed by atoms with Gasteiger partial charge in [-0.2, -0.15) is 0 Å². The monoisotopic (exact) mass is 270 g/mol. The first kappa shape index (κ1) is 13.4. The molecule has 0 aliphatic carbocycles. The number of imide groups is 1. The number of amides is 3. The molecule has 2 rings (SSSR count). The summed E-state index contributed by atoms with van der Waals surface area (Å²) in [6.45, 7) is -0.487. The van der Waals surface area contributed by atoms with Gasteiger partial charge in [-0.25, -0.2) is 13.6 Å². The lowest BCUT2D eigenvalue weighted by Crippen LogP contribution is -2.35. The van der Waals surface area contributed by atoms with Crippen LogP contribution in [0.5, 0.6) is 0 Å². The SMILES string of the molecule is CN1CC(=O)N(C[C@@H](O)c2cc(F)ccc2F)C1=O. The predicted octanol–water partition coefficient (Wildman–Crippen LogP) is 0.892. The number of rotatable bonds is 3. The summed E-state index contributed by atoms with van der Waals surface area (Å²) in [4.78, 5) is 25.1. The van der Waals surface area contributed by atoms with Crippen LogP contribution in [0.25, 0.3) is 0 Å². The number of nitrogens with zero attached hydrogens (tertiary/aromatic N) is 2. The van der Waals surface area contributed by atoms with Crippen LogP contribution in [0.3, 0.4) is 0 Å². The number of aliphatic hydroxyl groups is 1. The fourth-order valence-electron chi connectivity index (χ4n) is 1.89. The number of hydrogen-bond donors (Lipinski definition) is 1. The number of hydrogen-bond acceptors (Lipinski definition) is 3. The Hall–Kier alpha value is -2.02. The zero-order valence-corrected chi connectivity index (χ0v) is 10.1. The number of aliphatic hydroxyl groups excluding tert-OH is 1. The lowest BCUT2D eigenvalue weighted by atomic mass is 10.1. The first-order valence-electron chi connectivity index (χ1n) is 5.58. The Morgan fingerprint density at radius 2 is 2.05 bits per heavy atom. The quantitative estimate of drug-likeness (QED) is 0.830. The minimum Gasteiger partial charge on any atom is -0.386 e. The molecule has 1 N–H and O–H groups in total. The molecule has 0 aromatic heterocycles. The highest BCUT2D eigenvalue weighted by molar-refractivity contribution is 6.01. The van der Waals surface area contributed by atoms with Crippen molar-refractivity contribution >= 4 is 11.9 Å². The third-order valence-corrected chi connectivity index (χ3v) is 2.90. The van der Waals surface area contributed by atoms with Crippen LogP contribution in [0.1, 0.15) is 11.7 Å². The van der Waals surface area contributed by atoms with Gasteiger partial charge in [-0.15, -0.1) is 0 Å². The summed E-state index contributed by atoms with van der Waals surface area (Å²) in [6.07, 6.45) is -1.46. The Morgan fingerprint density at radius 3 is 2.63 bits per heavy atom. The van der Waals surface area contributed by atoms with Crippen LogP contribution in [0.4, 0.5) is 13.6 Å². The third-order valence-electron chi connectivity index (χ3n) is 2.90. The average molecular weight is 270 g/mol. The van der Waals surface area contributed by atoms with Crippen LogP contribution in [-0.2, 0) is 4.79 Å². The Labute approximate surface area is 108 Å². The Morgan fingerprint density at radius 1 is 1.37 bits per heavy atom. The number of benzene rings is 1. The normalized spacial score (nSPS) is 17.3. The molecule has 5 nitrogen and oxygen atoms in total. The standard InChI is InChI=1S/C12H12F2N2O3/c1-15-6-11(18)16(12(15)19)5-10(17)8-4-7(13)2-3-9(8)14/h2-4,10,17H,5-6H2,1H3/t10-/m1/s1. The summed E-state index contributed by atoms with van der Waals surface area (Å²) < 4.78 is 26.4. The van der Waals surface area contributed by atoms with E-state index >= 15 is 0 Å². The maximum absolute atomic E-state index is 13.4. The maximum Gasteiger partial charge on any atom is 0.327 e. The van der Waals surface area contributed by atoms with Gasteiger partial charge in [0.25, 0.3) is 0 Å². The third kappa shape index (κ3) is 2.55. The highest BCUT2D eigenvalue weighted by Crippen LogP contribution is 2.21. The summed E-state index contributed by atoms with van der Waals surface area (Å²) >= 11 is 0. The van der Waals surface area contributed by atoms with Crippen molar-refractivity contribution < 1.29 is 23.5 Å². The molecule has 1 heterocycles. The van der Waals surface area contributed by atoms with Crippen LogP contribution < -0.4 is 0 Å². The van der Waals surface area contributed by atoms with Gasteiger partial charge < -0.3 is 10.0 Å². The summed E-state index contributed by atoms with van der Waals surface area (Å²) in [6, 6.07) is 2.08. The first-order valence-corrected chi connectivity index (χ1v) is 5.58. The maximum atomic E-state index is 13.4. The zero-order chi connectivity index (χ0) is 14.2. The molecule has 0 saturated carbocycles. The van der Waals surface area contributed by atoms with Crippen molar-refractivity contribution in [1.82, 2.24) is 9.80 Å². The lowest BCUT2D eigenvalue weighted by molar-refractivity contribution is -0.126.